The normalized spacial score (nSPS) is 52.9. The molecule has 0 bridgehead atoms. The van der Waals surface area contributed by atoms with E-state index in [1.807, 2.05) is 0 Å². The van der Waals surface area contributed by atoms with Gasteiger partial charge >= 0.3 is 0 Å². The van der Waals surface area contributed by atoms with E-state index in [-0.39, 0.29) is 0 Å². The largest absolute Gasteiger partial charge is 0.306 e. The molecular weight excluding hydrogens is 290 g/mol. The van der Waals surface area contributed by atoms with Crippen molar-refractivity contribution in [2.24, 2.45) is 34.5 Å². The minimum Gasteiger partial charge on any atom is -0.306 e. The van der Waals surface area contributed by atoms with Crippen molar-refractivity contribution in [2.45, 2.75) is 84.6 Å². The Balaban J connectivity index is 1.58. The van der Waals surface area contributed by atoms with Crippen LogP contribution >= 0.6 is 0 Å². The Morgan fingerprint density at radius 3 is 2.46 bits per heavy atom. The Hall–Kier alpha value is -0.300. The first-order valence-electron chi connectivity index (χ1n) is 10.7. The van der Waals surface area contributed by atoms with Gasteiger partial charge in [0.25, 0.3) is 0 Å². The molecule has 0 radical (unpaired) electrons. The summed E-state index contributed by atoms with van der Waals surface area (Å²) < 4.78 is 0. The highest BCUT2D eigenvalue weighted by atomic mass is 15.1. The minimum atomic E-state index is 0.556. The third-order valence-electron chi connectivity index (χ3n) is 9.56. The van der Waals surface area contributed by atoms with Gasteiger partial charge in [-0.3, -0.25) is 0 Å². The zero-order valence-corrected chi connectivity index (χ0v) is 16.8. The molecule has 0 amide bonds. The van der Waals surface area contributed by atoms with Gasteiger partial charge in [0, 0.05) is 6.04 Å². The van der Waals surface area contributed by atoms with Gasteiger partial charge in [-0.2, -0.15) is 0 Å². The Labute approximate surface area is 150 Å². The Morgan fingerprint density at radius 2 is 1.75 bits per heavy atom. The molecule has 0 spiro atoms. The molecule has 0 aliphatic heterocycles. The van der Waals surface area contributed by atoms with Crippen LogP contribution in [0.4, 0.5) is 0 Å². The number of nitrogens with zero attached hydrogens (tertiary/aromatic N) is 1. The van der Waals surface area contributed by atoms with Crippen LogP contribution in [0.5, 0.6) is 0 Å². The second-order valence-electron chi connectivity index (χ2n) is 10.4. The van der Waals surface area contributed by atoms with Crippen molar-refractivity contribution in [1.82, 2.24) is 4.90 Å². The number of hydrogen-bond acceptors (Lipinski definition) is 1. The molecule has 136 valence electrons. The number of hydrogen-bond donors (Lipinski definition) is 0. The van der Waals surface area contributed by atoms with Crippen molar-refractivity contribution in [3.05, 3.63) is 11.6 Å². The van der Waals surface area contributed by atoms with Gasteiger partial charge < -0.3 is 4.90 Å². The topological polar surface area (TPSA) is 3.24 Å². The summed E-state index contributed by atoms with van der Waals surface area (Å²) in [6.45, 7) is 7.61. The van der Waals surface area contributed by atoms with E-state index in [2.05, 4.69) is 45.8 Å². The second kappa shape index (κ2) is 5.86. The highest BCUT2D eigenvalue weighted by molar-refractivity contribution is 5.23. The van der Waals surface area contributed by atoms with Crippen LogP contribution in [0.2, 0.25) is 0 Å². The Kier molecular flexibility index (Phi) is 4.18. The fourth-order valence-electron chi connectivity index (χ4n) is 8.03. The van der Waals surface area contributed by atoms with Gasteiger partial charge in [-0.05, 0) is 113 Å². The molecule has 0 aromatic rings. The first-order chi connectivity index (χ1) is 11.4. The molecule has 1 unspecified atom stereocenters. The van der Waals surface area contributed by atoms with Crippen LogP contribution in [0.1, 0.15) is 78.6 Å². The van der Waals surface area contributed by atoms with Gasteiger partial charge in [-0.15, -0.1) is 0 Å². The number of rotatable bonds is 1. The van der Waals surface area contributed by atoms with Gasteiger partial charge in [0.05, 0.1) is 0 Å². The molecule has 1 heteroatoms. The van der Waals surface area contributed by atoms with E-state index in [0.717, 1.165) is 29.7 Å². The van der Waals surface area contributed by atoms with Crippen LogP contribution in [0, 0.1) is 34.5 Å². The molecule has 4 aliphatic rings. The summed E-state index contributed by atoms with van der Waals surface area (Å²) in [6.07, 6.45) is 15.8. The lowest BCUT2D eigenvalue weighted by Gasteiger charge is -2.61. The van der Waals surface area contributed by atoms with Crippen LogP contribution in [0.25, 0.3) is 0 Å². The molecule has 0 saturated heterocycles. The molecule has 4 fully saturated rings. The van der Waals surface area contributed by atoms with Crippen LogP contribution < -0.4 is 0 Å². The van der Waals surface area contributed by atoms with E-state index in [0.29, 0.717) is 10.8 Å². The first kappa shape index (κ1) is 17.1. The zero-order chi connectivity index (χ0) is 17.1. The minimum absolute atomic E-state index is 0.556. The Morgan fingerprint density at radius 1 is 0.958 bits per heavy atom. The molecule has 0 aromatic carbocycles. The summed E-state index contributed by atoms with van der Waals surface area (Å²) in [5.74, 6) is 4.03. The average Bonchev–Trinajstić information content (AvgIpc) is 2.90. The fraction of sp³-hybridized carbons (Fsp3) is 0.913. The molecule has 7 atom stereocenters. The number of allylic oxidation sites excluding steroid dienone is 2. The first-order valence-corrected chi connectivity index (χ1v) is 10.7. The van der Waals surface area contributed by atoms with Gasteiger partial charge in [0.2, 0.25) is 0 Å². The molecule has 0 N–H and O–H groups in total. The Bertz CT molecular complexity index is 520. The van der Waals surface area contributed by atoms with E-state index in [4.69, 9.17) is 0 Å². The van der Waals surface area contributed by atoms with Crippen LogP contribution in [0.15, 0.2) is 11.6 Å². The molecule has 4 rings (SSSR count). The third kappa shape index (κ3) is 2.29. The predicted molar refractivity (Wildman–Crippen MR) is 103 cm³/mol. The van der Waals surface area contributed by atoms with Gasteiger partial charge in [-0.25, -0.2) is 0 Å². The smallest absolute Gasteiger partial charge is 0.00922 e. The van der Waals surface area contributed by atoms with E-state index >= 15 is 0 Å². The third-order valence-corrected chi connectivity index (χ3v) is 9.56. The molecular formula is C23H39N. The monoisotopic (exact) mass is 329 g/mol. The number of fused-ring (bicyclic) bond motifs is 5. The maximum absolute atomic E-state index is 2.70. The van der Waals surface area contributed by atoms with E-state index in [9.17, 15) is 0 Å². The lowest BCUT2D eigenvalue weighted by molar-refractivity contribution is -0.107. The lowest BCUT2D eigenvalue weighted by atomic mass is 9.45. The standard InChI is InChI=1S/C23H39N/c1-6-16-8-10-20-19-9-7-17-15-18(24(4)5)11-13-23(17,3)21(19)12-14-22(16,20)2/h6,17-21H,7-15H2,1-5H3/b16-6-/t17?,18-,19-,20-,21-,22+,23-/m0/s1. The van der Waals surface area contributed by atoms with Crippen molar-refractivity contribution in [1.29, 1.82) is 0 Å². The van der Waals surface area contributed by atoms with Gasteiger partial charge in [0.1, 0.15) is 0 Å². The summed E-state index contributed by atoms with van der Waals surface area (Å²) >= 11 is 0. The summed E-state index contributed by atoms with van der Waals surface area (Å²) in [5.41, 5.74) is 3.00. The fourth-order valence-corrected chi connectivity index (χ4v) is 8.03. The van der Waals surface area contributed by atoms with Crippen molar-refractivity contribution in [2.75, 3.05) is 14.1 Å². The predicted octanol–water partition coefficient (Wildman–Crippen LogP) is 5.91. The SMILES string of the molecule is C/C=C1/CC[C@H]2[C@@H]3CCC4C[C@@H](N(C)C)CC[C@]4(C)[C@H]3CC[C@]12C. The van der Waals surface area contributed by atoms with E-state index < -0.39 is 0 Å². The second-order valence-corrected chi connectivity index (χ2v) is 10.4. The summed E-state index contributed by atoms with van der Waals surface area (Å²) in [6, 6.07) is 0.842. The van der Waals surface area contributed by atoms with Crippen LogP contribution in [-0.2, 0) is 0 Å². The van der Waals surface area contributed by atoms with E-state index in [1.54, 1.807) is 5.57 Å². The molecule has 4 saturated carbocycles. The highest BCUT2D eigenvalue weighted by Gasteiger charge is 2.58. The zero-order valence-electron chi connectivity index (χ0n) is 16.8. The summed E-state index contributed by atoms with van der Waals surface area (Å²) in [5, 5.41) is 0. The molecule has 0 heterocycles. The van der Waals surface area contributed by atoms with Crippen LogP contribution in [-0.4, -0.2) is 25.0 Å². The average molecular weight is 330 g/mol. The van der Waals surface area contributed by atoms with Crippen molar-refractivity contribution in [3.8, 4) is 0 Å². The maximum Gasteiger partial charge on any atom is 0.00922 e. The van der Waals surface area contributed by atoms with Crippen molar-refractivity contribution in [3.63, 3.8) is 0 Å². The molecule has 24 heavy (non-hydrogen) atoms. The van der Waals surface area contributed by atoms with Crippen LogP contribution in [0.3, 0.4) is 0 Å². The van der Waals surface area contributed by atoms with E-state index in [1.165, 1.54) is 57.8 Å². The molecule has 4 aliphatic carbocycles. The van der Waals surface area contributed by atoms with Crippen molar-refractivity contribution >= 4 is 0 Å². The van der Waals surface area contributed by atoms with Gasteiger partial charge in [0.15, 0.2) is 0 Å². The lowest BCUT2D eigenvalue weighted by Crippen LogP contribution is -2.54. The molecule has 0 aromatic heterocycles. The summed E-state index contributed by atoms with van der Waals surface area (Å²) in [7, 11) is 4.59. The maximum atomic E-state index is 2.70. The van der Waals surface area contributed by atoms with Gasteiger partial charge in [-0.1, -0.05) is 25.5 Å². The van der Waals surface area contributed by atoms with Crippen molar-refractivity contribution < 1.29 is 0 Å². The quantitative estimate of drug-likeness (QED) is 0.541. The molecule has 1 nitrogen and oxygen atoms in total. The highest BCUT2D eigenvalue weighted by Crippen LogP contribution is 2.67. The summed E-state index contributed by atoms with van der Waals surface area (Å²) in [4.78, 5) is 2.50.